The second kappa shape index (κ2) is 9.16. The lowest BCUT2D eigenvalue weighted by atomic mass is 10.1. The number of thioether (sulfide) groups is 1. The molecule has 4 rings (SSSR count). The molecule has 6 nitrogen and oxygen atoms in total. The molecule has 0 bridgehead atoms. The number of halogens is 1. The van der Waals surface area contributed by atoms with Gasteiger partial charge < -0.3 is 10.2 Å². The van der Waals surface area contributed by atoms with Gasteiger partial charge in [-0.05, 0) is 73.9 Å². The van der Waals surface area contributed by atoms with Crippen LogP contribution in [0.25, 0.3) is 6.08 Å². The Kier molecular flexibility index (Phi) is 6.32. The monoisotopic (exact) mass is 453 g/mol. The molecule has 166 valence electrons. The Balaban J connectivity index is 1.44. The average molecular weight is 454 g/mol. The molecule has 2 fully saturated rings. The summed E-state index contributed by atoms with van der Waals surface area (Å²) in [6.45, 7) is 5.12. The highest BCUT2D eigenvalue weighted by Crippen LogP contribution is 2.33. The summed E-state index contributed by atoms with van der Waals surface area (Å²) in [4.78, 5) is 40.6. The van der Waals surface area contributed by atoms with Gasteiger partial charge in [-0.2, -0.15) is 0 Å². The van der Waals surface area contributed by atoms with E-state index in [-0.39, 0.29) is 17.3 Å². The Morgan fingerprint density at radius 3 is 2.56 bits per heavy atom. The maximum absolute atomic E-state index is 14.6. The van der Waals surface area contributed by atoms with Gasteiger partial charge in [0.15, 0.2) is 0 Å². The van der Waals surface area contributed by atoms with Crippen molar-refractivity contribution in [2.24, 2.45) is 0 Å². The Morgan fingerprint density at radius 1 is 1.12 bits per heavy atom. The number of carbonyl (C=O) groups is 3. The third-order valence-electron chi connectivity index (χ3n) is 5.55. The predicted molar refractivity (Wildman–Crippen MR) is 125 cm³/mol. The van der Waals surface area contributed by atoms with E-state index in [0.29, 0.717) is 16.9 Å². The van der Waals surface area contributed by atoms with Crippen LogP contribution < -0.4 is 10.2 Å². The summed E-state index contributed by atoms with van der Waals surface area (Å²) < 4.78 is 14.6. The van der Waals surface area contributed by atoms with Crippen molar-refractivity contribution in [3.05, 3.63) is 63.8 Å². The van der Waals surface area contributed by atoms with Crippen LogP contribution in [0.1, 0.15) is 29.5 Å². The number of aryl methyl sites for hydroxylation is 2. The van der Waals surface area contributed by atoms with Crippen LogP contribution in [0.15, 0.2) is 41.3 Å². The van der Waals surface area contributed by atoms with Crippen molar-refractivity contribution in [2.75, 3.05) is 29.9 Å². The van der Waals surface area contributed by atoms with Crippen LogP contribution in [0.3, 0.4) is 0 Å². The molecule has 3 amide bonds. The zero-order chi connectivity index (χ0) is 22.8. The van der Waals surface area contributed by atoms with Gasteiger partial charge in [0.2, 0.25) is 5.91 Å². The zero-order valence-electron chi connectivity index (χ0n) is 18.0. The van der Waals surface area contributed by atoms with Gasteiger partial charge in [0.05, 0.1) is 10.6 Å². The van der Waals surface area contributed by atoms with Crippen LogP contribution in [0.2, 0.25) is 0 Å². The van der Waals surface area contributed by atoms with E-state index in [1.165, 1.54) is 12.1 Å². The van der Waals surface area contributed by atoms with Crippen molar-refractivity contribution in [1.82, 2.24) is 4.90 Å². The van der Waals surface area contributed by atoms with Crippen LogP contribution in [0, 0.1) is 19.7 Å². The summed E-state index contributed by atoms with van der Waals surface area (Å²) in [5.74, 6) is -1.37. The van der Waals surface area contributed by atoms with Crippen molar-refractivity contribution < 1.29 is 18.8 Å². The lowest BCUT2D eigenvalue weighted by molar-refractivity contribution is -0.127. The third-order valence-corrected chi connectivity index (χ3v) is 6.45. The first-order valence-corrected chi connectivity index (χ1v) is 11.3. The molecule has 0 aromatic heterocycles. The molecule has 0 unspecified atom stereocenters. The second-order valence-electron chi connectivity index (χ2n) is 8.04. The van der Waals surface area contributed by atoms with Gasteiger partial charge >= 0.3 is 0 Å². The van der Waals surface area contributed by atoms with E-state index in [1.807, 2.05) is 30.9 Å². The molecular weight excluding hydrogens is 429 g/mol. The van der Waals surface area contributed by atoms with Crippen molar-refractivity contribution in [3.63, 3.8) is 0 Å². The summed E-state index contributed by atoms with van der Waals surface area (Å²) in [5.41, 5.74) is 3.65. The van der Waals surface area contributed by atoms with Crippen LogP contribution in [0.4, 0.5) is 20.6 Å². The molecule has 0 radical (unpaired) electrons. The molecule has 0 spiro atoms. The van der Waals surface area contributed by atoms with Gasteiger partial charge in [-0.3, -0.25) is 19.3 Å². The van der Waals surface area contributed by atoms with Gasteiger partial charge in [-0.1, -0.05) is 23.8 Å². The quantitative estimate of drug-likeness (QED) is 0.664. The van der Waals surface area contributed by atoms with Crippen molar-refractivity contribution in [2.45, 2.75) is 26.7 Å². The van der Waals surface area contributed by atoms with Crippen LogP contribution in [0.5, 0.6) is 0 Å². The normalized spacial score (nSPS) is 17.5. The summed E-state index contributed by atoms with van der Waals surface area (Å²) in [6.07, 6.45) is 3.58. The van der Waals surface area contributed by atoms with Crippen molar-refractivity contribution >= 4 is 46.3 Å². The van der Waals surface area contributed by atoms with Crippen LogP contribution >= 0.6 is 11.8 Å². The summed E-state index contributed by atoms with van der Waals surface area (Å²) in [6, 6.07) is 10.4. The summed E-state index contributed by atoms with van der Waals surface area (Å²) in [7, 11) is 0. The van der Waals surface area contributed by atoms with E-state index >= 15 is 0 Å². The fraction of sp³-hybridized carbons (Fsp3) is 0.292. The first-order chi connectivity index (χ1) is 15.3. The number of hydrogen-bond acceptors (Lipinski definition) is 5. The van der Waals surface area contributed by atoms with E-state index in [0.717, 1.165) is 53.7 Å². The average Bonchev–Trinajstić information content (AvgIpc) is 3.35. The minimum atomic E-state index is -0.556. The largest absolute Gasteiger partial charge is 0.369 e. The molecule has 0 aliphatic carbocycles. The van der Waals surface area contributed by atoms with Gasteiger partial charge in [0.25, 0.3) is 11.1 Å². The summed E-state index contributed by atoms with van der Waals surface area (Å²) >= 11 is 0.751. The highest BCUT2D eigenvalue weighted by molar-refractivity contribution is 8.18. The molecule has 32 heavy (non-hydrogen) atoms. The maximum Gasteiger partial charge on any atom is 0.294 e. The highest BCUT2D eigenvalue weighted by atomic mass is 32.2. The Morgan fingerprint density at radius 2 is 1.88 bits per heavy atom. The Labute approximate surface area is 190 Å². The van der Waals surface area contributed by atoms with Gasteiger partial charge in [0, 0.05) is 18.8 Å². The SMILES string of the molecule is Cc1ccc(NC(=O)CN2C(=O)S/C(=C/c3ccc(N4CCCC4)c(F)c3)C2=O)c(C)c1. The number of anilines is 2. The Hall–Kier alpha value is -3.13. The number of rotatable bonds is 5. The standard InChI is InChI=1S/C24H24FN3O3S/c1-15-5-7-19(16(2)11-15)26-22(29)14-28-23(30)21(32-24(28)31)13-17-6-8-20(18(25)12-17)27-9-3-4-10-27/h5-8,11-13H,3-4,9-10,14H2,1-2H3,(H,26,29)/b21-13+. The second-order valence-corrected chi connectivity index (χ2v) is 9.03. The zero-order valence-corrected chi connectivity index (χ0v) is 18.8. The molecule has 1 N–H and O–H groups in total. The summed E-state index contributed by atoms with van der Waals surface area (Å²) in [5, 5.41) is 2.22. The molecule has 8 heteroatoms. The molecule has 2 saturated heterocycles. The molecular formula is C24H24FN3O3S. The molecule has 2 heterocycles. The van der Waals surface area contributed by atoms with E-state index in [1.54, 1.807) is 18.2 Å². The first kappa shape index (κ1) is 22.1. The first-order valence-electron chi connectivity index (χ1n) is 10.5. The predicted octanol–water partition coefficient (Wildman–Crippen LogP) is 4.72. The molecule has 2 aliphatic rings. The molecule has 2 aromatic rings. The lowest BCUT2D eigenvalue weighted by Crippen LogP contribution is -2.36. The fourth-order valence-electron chi connectivity index (χ4n) is 3.90. The van der Waals surface area contributed by atoms with Crippen LogP contribution in [-0.2, 0) is 9.59 Å². The smallest absolute Gasteiger partial charge is 0.294 e. The highest BCUT2D eigenvalue weighted by Gasteiger charge is 2.36. The fourth-order valence-corrected chi connectivity index (χ4v) is 4.74. The topological polar surface area (TPSA) is 69.7 Å². The van der Waals surface area contributed by atoms with Crippen LogP contribution in [-0.4, -0.2) is 41.6 Å². The van der Waals surface area contributed by atoms with E-state index in [9.17, 15) is 18.8 Å². The molecule has 2 aromatic carbocycles. The van der Waals surface area contributed by atoms with Gasteiger partial charge in [-0.25, -0.2) is 4.39 Å². The number of carbonyl (C=O) groups excluding carboxylic acids is 3. The third kappa shape index (κ3) is 4.70. The number of imide groups is 1. The van der Waals surface area contributed by atoms with E-state index < -0.39 is 17.1 Å². The van der Waals surface area contributed by atoms with Crippen molar-refractivity contribution in [1.29, 1.82) is 0 Å². The Bertz CT molecular complexity index is 1130. The number of benzene rings is 2. The molecule has 2 aliphatic heterocycles. The number of amides is 3. The minimum Gasteiger partial charge on any atom is -0.369 e. The molecule has 0 saturated carbocycles. The van der Waals surface area contributed by atoms with Gasteiger partial charge in [0.1, 0.15) is 12.4 Å². The van der Waals surface area contributed by atoms with E-state index in [4.69, 9.17) is 0 Å². The minimum absolute atomic E-state index is 0.169. The number of hydrogen-bond donors (Lipinski definition) is 1. The van der Waals surface area contributed by atoms with Gasteiger partial charge in [-0.15, -0.1) is 0 Å². The number of nitrogens with zero attached hydrogens (tertiary/aromatic N) is 2. The number of nitrogens with one attached hydrogen (secondary N) is 1. The van der Waals surface area contributed by atoms with Crippen molar-refractivity contribution in [3.8, 4) is 0 Å². The van der Waals surface area contributed by atoms with E-state index in [2.05, 4.69) is 5.32 Å². The lowest BCUT2D eigenvalue weighted by Gasteiger charge is -2.18. The maximum atomic E-state index is 14.6. The molecule has 0 atom stereocenters.